The van der Waals surface area contributed by atoms with E-state index in [4.69, 9.17) is 5.11 Å². The number of aliphatic hydroxyl groups excluding tert-OH is 1. The van der Waals surface area contributed by atoms with E-state index in [1.165, 1.54) is 26.3 Å². The highest BCUT2D eigenvalue weighted by Crippen LogP contribution is 1.88. The van der Waals surface area contributed by atoms with Gasteiger partial charge in [-0.15, -0.1) is 0 Å². The fraction of sp³-hybridized carbons (Fsp3) is 0.571. The Morgan fingerprint density at radius 2 is 2.27 bits per heavy atom. The molecule has 11 heavy (non-hydrogen) atoms. The standard InChI is InChI=1S/C7H13NO3/c1-6(9)4-5-7(10)8(2)11-3/h4-6,9H,1-3H3/b5-4+. The van der Waals surface area contributed by atoms with E-state index in [0.29, 0.717) is 0 Å². The molecule has 0 saturated heterocycles. The highest BCUT2D eigenvalue weighted by Gasteiger charge is 2.01. The number of amides is 1. The molecule has 4 heteroatoms. The van der Waals surface area contributed by atoms with Gasteiger partial charge in [0.15, 0.2) is 0 Å². The first-order chi connectivity index (χ1) is 5.07. The molecule has 64 valence electrons. The molecule has 0 rings (SSSR count). The lowest BCUT2D eigenvalue weighted by molar-refractivity contribution is -0.162. The van der Waals surface area contributed by atoms with Crippen LogP contribution in [0.1, 0.15) is 6.92 Å². The van der Waals surface area contributed by atoms with Gasteiger partial charge in [0, 0.05) is 13.1 Å². The summed E-state index contributed by atoms with van der Waals surface area (Å²) in [7, 11) is 2.89. The number of hydrogen-bond acceptors (Lipinski definition) is 3. The average molecular weight is 159 g/mol. The second-order valence-electron chi connectivity index (χ2n) is 2.12. The first-order valence-electron chi connectivity index (χ1n) is 3.26. The summed E-state index contributed by atoms with van der Waals surface area (Å²) in [6.07, 6.45) is 2.04. The monoisotopic (exact) mass is 159 g/mol. The molecule has 0 aliphatic carbocycles. The third-order valence-electron chi connectivity index (χ3n) is 1.10. The van der Waals surface area contributed by atoms with Gasteiger partial charge in [0.1, 0.15) is 0 Å². The molecule has 0 bridgehead atoms. The molecule has 1 N–H and O–H groups in total. The summed E-state index contributed by atoms with van der Waals surface area (Å²) in [5, 5.41) is 9.83. The van der Waals surface area contributed by atoms with E-state index in [1.54, 1.807) is 6.92 Å². The van der Waals surface area contributed by atoms with Gasteiger partial charge in [-0.05, 0) is 6.92 Å². The average Bonchev–Trinajstić information content (AvgIpc) is 1.98. The van der Waals surface area contributed by atoms with Crippen LogP contribution in [-0.2, 0) is 9.63 Å². The normalized spacial score (nSPS) is 13.5. The van der Waals surface area contributed by atoms with Gasteiger partial charge in [0.2, 0.25) is 0 Å². The highest BCUT2D eigenvalue weighted by atomic mass is 16.7. The van der Waals surface area contributed by atoms with Gasteiger partial charge in [0.05, 0.1) is 13.2 Å². The lowest BCUT2D eigenvalue weighted by atomic mass is 10.3. The van der Waals surface area contributed by atoms with Gasteiger partial charge in [0.25, 0.3) is 5.91 Å². The maximum absolute atomic E-state index is 10.9. The van der Waals surface area contributed by atoms with E-state index in [2.05, 4.69) is 4.84 Å². The summed E-state index contributed by atoms with van der Waals surface area (Å²) in [5.41, 5.74) is 0. The second kappa shape index (κ2) is 4.87. The van der Waals surface area contributed by atoms with Gasteiger partial charge in [-0.25, -0.2) is 5.06 Å². The molecule has 0 aromatic rings. The van der Waals surface area contributed by atoms with Gasteiger partial charge in [-0.2, -0.15) is 0 Å². The number of likely N-dealkylation sites (N-methyl/N-ethyl adjacent to an activating group) is 1. The van der Waals surface area contributed by atoms with Crippen molar-refractivity contribution in [2.24, 2.45) is 0 Å². The summed E-state index contributed by atoms with van der Waals surface area (Å²) >= 11 is 0. The SMILES string of the molecule is CON(C)C(=O)/C=C/C(C)O. The number of carbonyl (C=O) groups is 1. The molecule has 0 aromatic heterocycles. The summed E-state index contributed by atoms with van der Waals surface area (Å²) in [6.45, 7) is 1.57. The minimum Gasteiger partial charge on any atom is -0.389 e. The van der Waals surface area contributed by atoms with Crippen molar-refractivity contribution in [3.05, 3.63) is 12.2 Å². The zero-order valence-corrected chi connectivity index (χ0v) is 6.94. The minimum atomic E-state index is -0.607. The molecule has 0 aliphatic heterocycles. The molecule has 0 spiro atoms. The summed E-state index contributed by atoms with van der Waals surface area (Å²) in [4.78, 5) is 15.5. The molecule has 1 unspecified atom stereocenters. The van der Waals surface area contributed by atoms with Gasteiger partial charge >= 0.3 is 0 Å². The molecular weight excluding hydrogens is 146 g/mol. The Bertz CT molecular complexity index is 154. The van der Waals surface area contributed by atoms with E-state index < -0.39 is 6.10 Å². The summed E-state index contributed by atoms with van der Waals surface area (Å²) < 4.78 is 0. The zero-order valence-electron chi connectivity index (χ0n) is 6.94. The Morgan fingerprint density at radius 3 is 2.64 bits per heavy atom. The van der Waals surface area contributed by atoms with Crippen molar-refractivity contribution in [1.82, 2.24) is 5.06 Å². The first kappa shape index (κ1) is 10.1. The van der Waals surface area contributed by atoms with Crippen LogP contribution >= 0.6 is 0 Å². The maximum atomic E-state index is 10.9. The Hall–Kier alpha value is -0.870. The van der Waals surface area contributed by atoms with Crippen LogP contribution in [0, 0.1) is 0 Å². The number of carbonyl (C=O) groups excluding carboxylic acids is 1. The molecule has 0 aromatic carbocycles. The van der Waals surface area contributed by atoms with Crippen LogP contribution in [0.15, 0.2) is 12.2 Å². The van der Waals surface area contributed by atoms with Crippen LogP contribution in [0.5, 0.6) is 0 Å². The van der Waals surface area contributed by atoms with Crippen molar-refractivity contribution in [1.29, 1.82) is 0 Å². The van der Waals surface area contributed by atoms with E-state index in [1.807, 2.05) is 0 Å². The molecule has 1 atom stereocenters. The predicted octanol–water partition coefficient (Wildman–Crippen LogP) is -0.0568. The fourth-order valence-corrected chi connectivity index (χ4v) is 0.417. The Labute approximate surface area is 66.0 Å². The zero-order chi connectivity index (χ0) is 8.85. The Morgan fingerprint density at radius 1 is 1.73 bits per heavy atom. The number of aliphatic hydroxyl groups is 1. The highest BCUT2D eigenvalue weighted by molar-refractivity contribution is 5.86. The molecule has 0 heterocycles. The third-order valence-corrected chi connectivity index (χ3v) is 1.10. The third kappa shape index (κ3) is 4.52. The lowest BCUT2D eigenvalue weighted by Gasteiger charge is -2.10. The predicted molar refractivity (Wildman–Crippen MR) is 40.6 cm³/mol. The number of nitrogens with zero attached hydrogens (tertiary/aromatic N) is 1. The molecule has 1 amide bonds. The van der Waals surface area contributed by atoms with E-state index in [-0.39, 0.29) is 5.91 Å². The Kier molecular flexibility index (Phi) is 4.49. The molecule has 0 fully saturated rings. The molecule has 0 aliphatic rings. The minimum absolute atomic E-state index is 0.298. The van der Waals surface area contributed by atoms with E-state index in [9.17, 15) is 4.79 Å². The van der Waals surface area contributed by atoms with E-state index in [0.717, 1.165) is 5.06 Å². The van der Waals surface area contributed by atoms with Crippen molar-refractivity contribution in [3.8, 4) is 0 Å². The number of rotatable bonds is 3. The van der Waals surface area contributed by atoms with Crippen LogP contribution in [0.3, 0.4) is 0 Å². The lowest BCUT2D eigenvalue weighted by Crippen LogP contribution is -2.23. The fourth-order valence-electron chi connectivity index (χ4n) is 0.417. The van der Waals surface area contributed by atoms with Crippen LogP contribution in [0.2, 0.25) is 0 Å². The Balaban J connectivity index is 3.86. The molecule has 0 saturated carbocycles. The van der Waals surface area contributed by atoms with Crippen molar-refractivity contribution in [3.63, 3.8) is 0 Å². The van der Waals surface area contributed by atoms with Gasteiger partial charge in [-0.1, -0.05) is 6.08 Å². The summed E-state index contributed by atoms with van der Waals surface area (Å²) in [6, 6.07) is 0. The maximum Gasteiger partial charge on any atom is 0.269 e. The van der Waals surface area contributed by atoms with Crippen LogP contribution < -0.4 is 0 Å². The smallest absolute Gasteiger partial charge is 0.269 e. The molecule has 0 radical (unpaired) electrons. The quantitative estimate of drug-likeness (QED) is 0.463. The summed E-state index contributed by atoms with van der Waals surface area (Å²) in [5.74, 6) is -0.298. The second-order valence-corrected chi connectivity index (χ2v) is 2.12. The van der Waals surface area contributed by atoms with Crippen LogP contribution in [0.4, 0.5) is 0 Å². The van der Waals surface area contributed by atoms with Crippen molar-refractivity contribution < 1.29 is 14.7 Å². The van der Waals surface area contributed by atoms with Crippen LogP contribution in [0.25, 0.3) is 0 Å². The van der Waals surface area contributed by atoms with Crippen molar-refractivity contribution in [2.45, 2.75) is 13.0 Å². The topological polar surface area (TPSA) is 49.8 Å². The number of hydroxylamine groups is 2. The molecule has 4 nitrogen and oxygen atoms in total. The van der Waals surface area contributed by atoms with Gasteiger partial charge < -0.3 is 5.11 Å². The number of hydrogen-bond donors (Lipinski definition) is 1. The van der Waals surface area contributed by atoms with Crippen molar-refractivity contribution in [2.75, 3.05) is 14.2 Å². The largest absolute Gasteiger partial charge is 0.389 e. The van der Waals surface area contributed by atoms with Gasteiger partial charge in [-0.3, -0.25) is 9.63 Å². The molecular formula is C7H13NO3. The van der Waals surface area contributed by atoms with Crippen LogP contribution in [-0.4, -0.2) is 36.3 Å². The van der Waals surface area contributed by atoms with E-state index >= 15 is 0 Å². The first-order valence-corrected chi connectivity index (χ1v) is 3.26. The van der Waals surface area contributed by atoms with Crippen molar-refractivity contribution >= 4 is 5.91 Å².